The molecule has 1 atom stereocenters. The van der Waals surface area contributed by atoms with Gasteiger partial charge in [-0.2, -0.15) is 0 Å². The second-order valence-corrected chi connectivity index (χ2v) is 11.6. The number of nitro benzene ring substituents is 1. The van der Waals surface area contributed by atoms with E-state index in [9.17, 15) is 19.7 Å². The second-order valence-electron chi connectivity index (χ2n) is 10.6. The maximum absolute atomic E-state index is 14.3. The Bertz CT molecular complexity index is 2070. The SMILES string of the molecule is CCOc1c(OC)cccc1[C@H]1C(C(=O)OCCOC)=C(C)N=c2s/c(=C/c3cc(OC)c(OCc4ccccc4)cc3[N+](=O)[O-])c(=O)n21. The lowest BCUT2D eigenvalue weighted by Gasteiger charge is -2.27. The van der Waals surface area contributed by atoms with Crippen molar-refractivity contribution >= 4 is 29.1 Å². The zero-order valence-electron chi connectivity index (χ0n) is 27.6. The number of carbonyl (C=O) groups is 1. The lowest BCUT2D eigenvalue weighted by atomic mass is 9.94. The molecule has 0 aliphatic carbocycles. The summed E-state index contributed by atoms with van der Waals surface area (Å²) in [5.41, 5.74) is 1.07. The topological polar surface area (TPSA) is 150 Å². The summed E-state index contributed by atoms with van der Waals surface area (Å²) in [4.78, 5) is 44.5. The molecule has 0 saturated carbocycles. The number of hydrogen-bond donors (Lipinski definition) is 0. The summed E-state index contributed by atoms with van der Waals surface area (Å²) in [7, 11) is 4.41. The number of rotatable bonds is 14. The lowest BCUT2D eigenvalue weighted by Crippen LogP contribution is -2.40. The summed E-state index contributed by atoms with van der Waals surface area (Å²) in [5.74, 6) is 0.476. The minimum absolute atomic E-state index is 0.0176. The number of fused-ring (bicyclic) bond motifs is 1. The van der Waals surface area contributed by atoms with Crippen LogP contribution in [0.4, 0.5) is 5.69 Å². The Kier molecular flexibility index (Phi) is 11.1. The standard InChI is InChI=1S/C35H35N3O10S/c1-6-46-32-24(13-10-14-26(32)44-4)31-30(34(40)47-16-15-43-3)21(2)36-35-37(31)33(39)29(49-35)18-23-17-27(45-5)28(19-25(23)38(41)42)48-20-22-11-8-7-9-12-22/h7-14,17-19,31H,6,15-16,20H2,1-5H3/b29-18+/t31-/m0/s1. The summed E-state index contributed by atoms with van der Waals surface area (Å²) in [6.07, 6.45) is 1.41. The summed E-state index contributed by atoms with van der Waals surface area (Å²) >= 11 is 1.02. The monoisotopic (exact) mass is 689 g/mol. The number of nitro groups is 1. The molecule has 0 unspecified atom stereocenters. The van der Waals surface area contributed by atoms with Gasteiger partial charge in [-0.05, 0) is 37.6 Å². The van der Waals surface area contributed by atoms with E-state index in [0.29, 0.717) is 22.8 Å². The number of methoxy groups -OCH3 is 3. The molecule has 5 rings (SSSR count). The number of carbonyl (C=O) groups excluding carboxylic acids is 1. The molecule has 4 aromatic rings. The van der Waals surface area contributed by atoms with Gasteiger partial charge in [0.15, 0.2) is 27.8 Å². The van der Waals surface area contributed by atoms with Crippen LogP contribution in [0.2, 0.25) is 0 Å². The van der Waals surface area contributed by atoms with Crippen LogP contribution < -0.4 is 33.8 Å². The average Bonchev–Trinajstić information content (AvgIpc) is 3.40. The molecule has 0 amide bonds. The molecule has 14 heteroatoms. The van der Waals surface area contributed by atoms with Gasteiger partial charge in [-0.25, -0.2) is 9.79 Å². The van der Waals surface area contributed by atoms with Gasteiger partial charge in [0.2, 0.25) is 0 Å². The average molecular weight is 690 g/mol. The van der Waals surface area contributed by atoms with Crippen molar-refractivity contribution in [3.05, 3.63) is 118 Å². The number of para-hydroxylation sites is 1. The highest BCUT2D eigenvalue weighted by Crippen LogP contribution is 2.41. The highest BCUT2D eigenvalue weighted by Gasteiger charge is 2.36. The third-order valence-corrected chi connectivity index (χ3v) is 8.59. The van der Waals surface area contributed by atoms with Crippen LogP contribution in [-0.2, 0) is 20.9 Å². The van der Waals surface area contributed by atoms with Gasteiger partial charge in [0, 0.05) is 12.7 Å². The summed E-state index contributed by atoms with van der Waals surface area (Å²) in [6, 6.07) is 16.2. The summed E-state index contributed by atoms with van der Waals surface area (Å²) in [5, 5.41) is 12.3. The fourth-order valence-electron chi connectivity index (χ4n) is 5.37. The van der Waals surface area contributed by atoms with E-state index in [1.54, 1.807) is 25.1 Å². The molecular weight excluding hydrogens is 654 g/mol. The number of esters is 1. The van der Waals surface area contributed by atoms with Gasteiger partial charge in [-0.15, -0.1) is 0 Å². The van der Waals surface area contributed by atoms with E-state index in [2.05, 4.69) is 4.99 Å². The summed E-state index contributed by atoms with van der Waals surface area (Å²) < 4.78 is 35.0. The van der Waals surface area contributed by atoms with Crippen LogP contribution in [0.5, 0.6) is 23.0 Å². The Morgan fingerprint density at radius 1 is 1.00 bits per heavy atom. The first-order valence-electron chi connectivity index (χ1n) is 15.2. The van der Waals surface area contributed by atoms with Crippen LogP contribution in [-0.4, -0.2) is 56.6 Å². The number of ether oxygens (including phenoxy) is 6. The number of aromatic nitrogens is 1. The van der Waals surface area contributed by atoms with E-state index < -0.39 is 22.5 Å². The van der Waals surface area contributed by atoms with Crippen LogP contribution in [0, 0.1) is 10.1 Å². The van der Waals surface area contributed by atoms with Crippen molar-refractivity contribution < 1.29 is 38.1 Å². The minimum atomic E-state index is -1.02. The maximum atomic E-state index is 14.3. The molecule has 0 N–H and O–H groups in total. The third-order valence-electron chi connectivity index (χ3n) is 7.61. The Hall–Kier alpha value is -5.47. The Labute approximate surface area is 285 Å². The first-order valence-corrected chi connectivity index (χ1v) is 16.0. The quantitative estimate of drug-likeness (QED) is 0.0811. The highest BCUT2D eigenvalue weighted by molar-refractivity contribution is 7.07. The van der Waals surface area contributed by atoms with Crippen molar-refractivity contribution in [2.24, 2.45) is 4.99 Å². The van der Waals surface area contributed by atoms with E-state index in [-0.39, 0.29) is 64.1 Å². The molecule has 49 heavy (non-hydrogen) atoms. The van der Waals surface area contributed by atoms with Gasteiger partial charge in [0.25, 0.3) is 11.2 Å². The first-order chi connectivity index (χ1) is 23.7. The van der Waals surface area contributed by atoms with E-state index in [1.165, 1.54) is 44.1 Å². The number of thiazole rings is 1. The first kappa shape index (κ1) is 34.9. The van der Waals surface area contributed by atoms with Crippen molar-refractivity contribution in [3.63, 3.8) is 0 Å². The van der Waals surface area contributed by atoms with Gasteiger partial charge in [0.1, 0.15) is 19.3 Å². The minimum Gasteiger partial charge on any atom is -0.493 e. The van der Waals surface area contributed by atoms with Gasteiger partial charge in [-0.3, -0.25) is 19.5 Å². The Morgan fingerprint density at radius 2 is 1.76 bits per heavy atom. The van der Waals surface area contributed by atoms with E-state index >= 15 is 0 Å². The molecule has 256 valence electrons. The fourth-order valence-corrected chi connectivity index (χ4v) is 6.41. The predicted molar refractivity (Wildman–Crippen MR) is 181 cm³/mol. The summed E-state index contributed by atoms with van der Waals surface area (Å²) in [6.45, 7) is 4.06. The molecule has 13 nitrogen and oxygen atoms in total. The lowest BCUT2D eigenvalue weighted by molar-refractivity contribution is -0.385. The van der Waals surface area contributed by atoms with Crippen molar-refractivity contribution in [3.8, 4) is 23.0 Å². The normalized spacial score (nSPS) is 14.1. The van der Waals surface area contributed by atoms with E-state index in [4.69, 9.17) is 28.4 Å². The van der Waals surface area contributed by atoms with Crippen molar-refractivity contribution in [2.75, 3.05) is 41.2 Å². The molecule has 0 spiro atoms. The number of benzene rings is 3. The molecule has 2 heterocycles. The highest BCUT2D eigenvalue weighted by atomic mass is 32.1. The second kappa shape index (κ2) is 15.6. The van der Waals surface area contributed by atoms with Crippen LogP contribution in [0.3, 0.4) is 0 Å². The van der Waals surface area contributed by atoms with Gasteiger partial charge in [-0.1, -0.05) is 53.8 Å². The van der Waals surface area contributed by atoms with Crippen molar-refractivity contribution in [1.29, 1.82) is 0 Å². The molecule has 0 fully saturated rings. The molecule has 1 aromatic heterocycles. The van der Waals surface area contributed by atoms with Gasteiger partial charge < -0.3 is 28.4 Å². The van der Waals surface area contributed by atoms with Gasteiger partial charge in [0.05, 0.1) is 59.8 Å². The van der Waals surface area contributed by atoms with Gasteiger partial charge >= 0.3 is 5.97 Å². The largest absolute Gasteiger partial charge is 0.493 e. The smallest absolute Gasteiger partial charge is 0.338 e. The zero-order chi connectivity index (χ0) is 35.1. The Morgan fingerprint density at radius 3 is 2.43 bits per heavy atom. The number of allylic oxidation sites excluding steroid dienone is 1. The van der Waals surface area contributed by atoms with E-state index in [1.807, 2.05) is 37.3 Å². The van der Waals surface area contributed by atoms with Crippen LogP contribution >= 0.6 is 11.3 Å². The predicted octanol–water partition coefficient (Wildman–Crippen LogP) is 4.33. The number of hydrogen-bond acceptors (Lipinski definition) is 12. The third kappa shape index (κ3) is 7.34. The molecule has 3 aromatic carbocycles. The van der Waals surface area contributed by atoms with E-state index in [0.717, 1.165) is 16.9 Å². The number of nitrogens with zero attached hydrogens (tertiary/aromatic N) is 3. The molecule has 0 bridgehead atoms. The van der Waals surface area contributed by atoms with Crippen LogP contribution in [0.15, 0.2) is 81.7 Å². The zero-order valence-corrected chi connectivity index (χ0v) is 28.4. The molecular formula is C35H35N3O10S. The van der Waals surface area contributed by atoms with Crippen LogP contribution in [0.1, 0.15) is 36.6 Å². The van der Waals surface area contributed by atoms with Crippen molar-refractivity contribution in [2.45, 2.75) is 26.5 Å². The molecule has 1 aliphatic rings. The fraction of sp³-hybridized carbons (Fsp3) is 0.286. The Balaban J connectivity index is 1.68. The van der Waals surface area contributed by atoms with Crippen molar-refractivity contribution in [1.82, 2.24) is 4.57 Å². The molecule has 0 radical (unpaired) electrons. The molecule has 1 aliphatic heterocycles. The maximum Gasteiger partial charge on any atom is 0.338 e. The molecule has 0 saturated heterocycles. The van der Waals surface area contributed by atoms with Crippen LogP contribution in [0.25, 0.3) is 6.08 Å².